The highest BCUT2D eigenvalue weighted by molar-refractivity contribution is 5.95. The summed E-state index contributed by atoms with van der Waals surface area (Å²) in [4.78, 5) is 23.9. The van der Waals surface area contributed by atoms with Gasteiger partial charge in [0.15, 0.2) is 5.92 Å². The van der Waals surface area contributed by atoms with Crippen molar-refractivity contribution in [1.82, 2.24) is 0 Å². The molecule has 0 spiro atoms. The summed E-state index contributed by atoms with van der Waals surface area (Å²) in [6.45, 7) is 6.51. The van der Waals surface area contributed by atoms with E-state index in [1.54, 1.807) is 13.8 Å². The first-order valence-electron chi connectivity index (χ1n) is 7.06. The maximum atomic E-state index is 12.0. The monoisotopic (exact) mass is 272 g/mol. The molecule has 1 aliphatic heterocycles. The minimum Gasteiger partial charge on any atom is -0.465 e. The Kier molecular flexibility index (Phi) is 6.84. The van der Waals surface area contributed by atoms with Crippen LogP contribution in [0.3, 0.4) is 0 Å². The summed E-state index contributed by atoms with van der Waals surface area (Å²) in [6.07, 6.45) is 2.89. The van der Waals surface area contributed by atoms with Gasteiger partial charge in [-0.1, -0.05) is 6.92 Å². The van der Waals surface area contributed by atoms with Gasteiger partial charge < -0.3 is 14.2 Å². The summed E-state index contributed by atoms with van der Waals surface area (Å²) in [5.41, 5.74) is 0. The average Bonchev–Trinajstić information content (AvgIpc) is 2.40. The van der Waals surface area contributed by atoms with E-state index in [0.717, 1.165) is 19.3 Å². The average molecular weight is 272 g/mol. The lowest BCUT2D eigenvalue weighted by atomic mass is 9.86. The first-order chi connectivity index (χ1) is 9.11. The van der Waals surface area contributed by atoms with E-state index in [1.165, 1.54) is 0 Å². The highest BCUT2D eigenvalue weighted by Gasteiger charge is 2.39. The summed E-state index contributed by atoms with van der Waals surface area (Å²) >= 11 is 0. The Morgan fingerprint density at radius 1 is 1.16 bits per heavy atom. The fourth-order valence-corrected chi connectivity index (χ4v) is 2.38. The van der Waals surface area contributed by atoms with Crippen LogP contribution in [-0.2, 0) is 23.8 Å². The number of hydrogen-bond donors (Lipinski definition) is 0. The van der Waals surface area contributed by atoms with E-state index < -0.39 is 17.9 Å². The number of esters is 2. The number of carbonyl (C=O) groups excluding carboxylic acids is 2. The Hall–Kier alpha value is -1.10. The molecule has 1 fully saturated rings. The van der Waals surface area contributed by atoms with Gasteiger partial charge in [-0.3, -0.25) is 9.59 Å². The van der Waals surface area contributed by atoms with E-state index in [9.17, 15) is 9.59 Å². The molecule has 5 heteroatoms. The molecule has 0 aromatic rings. The molecule has 110 valence electrons. The van der Waals surface area contributed by atoms with Gasteiger partial charge in [0.05, 0.1) is 19.3 Å². The molecule has 0 radical (unpaired) electrons. The van der Waals surface area contributed by atoms with E-state index in [4.69, 9.17) is 14.2 Å². The molecule has 0 amide bonds. The number of rotatable bonds is 6. The summed E-state index contributed by atoms with van der Waals surface area (Å²) in [7, 11) is 0. The molecule has 1 aliphatic rings. The van der Waals surface area contributed by atoms with E-state index in [1.807, 2.05) is 6.92 Å². The van der Waals surface area contributed by atoms with Crippen LogP contribution in [0.4, 0.5) is 0 Å². The fraction of sp³-hybridized carbons (Fsp3) is 0.857. The second-order valence-electron chi connectivity index (χ2n) is 4.75. The van der Waals surface area contributed by atoms with Crippen LogP contribution < -0.4 is 0 Å². The zero-order chi connectivity index (χ0) is 14.3. The Labute approximate surface area is 114 Å². The van der Waals surface area contributed by atoms with E-state index in [2.05, 4.69) is 0 Å². The third-order valence-electron chi connectivity index (χ3n) is 3.41. The molecule has 2 atom stereocenters. The van der Waals surface area contributed by atoms with Gasteiger partial charge in [0.2, 0.25) is 0 Å². The SMILES string of the molecule is CCOC(=O)C(C(=O)OCC)[C@@H](C)[C@H]1CCCCO1. The lowest BCUT2D eigenvalue weighted by Crippen LogP contribution is -2.40. The molecule has 19 heavy (non-hydrogen) atoms. The lowest BCUT2D eigenvalue weighted by Gasteiger charge is -2.31. The highest BCUT2D eigenvalue weighted by Crippen LogP contribution is 2.27. The van der Waals surface area contributed by atoms with Gasteiger partial charge in [0.25, 0.3) is 0 Å². The van der Waals surface area contributed by atoms with Crippen LogP contribution in [0.25, 0.3) is 0 Å². The van der Waals surface area contributed by atoms with E-state index in [0.29, 0.717) is 6.61 Å². The molecule has 0 saturated carbocycles. The van der Waals surface area contributed by atoms with E-state index in [-0.39, 0.29) is 25.2 Å². The Morgan fingerprint density at radius 2 is 1.74 bits per heavy atom. The third-order valence-corrected chi connectivity index (χ3v) is 3.41. The zero-order valence-corrected chi connectivity index (χ0v) is 12.0. The summed E-state index contributed by atoms with van der Waals surface area (Å²) in [5, 5.41) is 0. The minimum atomic E-state index is -0.886. The highest BCUT2D eigenvalue weighted by atomic mass is 16.6. The lowest BCUT2D eigenvalue weighted by molar-refractivity contribution is -0.168. The van der Waals surface area contributed by atoms with Crippen molar-refractivity contribution in [3.05, 3.63) is 0 Å². The largest absolute Gasteiger partial charge is 0.465 e. The minimum absolute atomic E-state index is 0.0763. The molecule has 0 aromatic carbocycles. The van der Waals surface area contributed by atoms with Crippen molar-refractivity contribution in [2.24, 2.45) is 11.8 Å². The first-order valence-corrected chi connectivity index (χ1v) is 7.06. The first kappa shape index (κ1) is 16.0. The number of ether oxygens (including phenoxy) is 3. The zero-order valence-electron chi connectivity index (χ0n) is 12.0. The van der Waals surface area contributed by atoms with Gasteiger partial charge in [0.1, 0.15) is 0 Å². The van der Waals surface area contributed by atoms with Crippen molar-refractivity contribution in [2.75, 3.05) is 19.8 Å². The predicted octanol–water partition coefficient (Wildman–Crippen LogP) is 1.93. The topological polar surface area (TPSA) is 61.8 Å². The third kappa shape index (κ3) is 4.49. The second kappa shape index (κ2) is 8.15. The molecule has 0 aromatic heterocycles. The summed E-state index contributed by atoms with van der Waals surface area (Å²) in [6, 6.07) is 0. The number of hydrogen-bond acceptors (Lipinski definition) is 5. The van der Waals surface area contributed by atoms with Crippen LogP contribution in [-0.4, -0.2) is 37.9 Å². The molecule has 0 aliphatic carbocycles. The maximum Gasteiger partial charge on any atom is 0.320 e. The Balaban J connectivity index is 2.75. The van der Waals surface area contributed by atoms with Crippen molar-refractivity contribution in [3.63, 3.8) is 0 Å². The van der Waals surface area contributed by atoms with Crippen molar-refractivity contribution < 1.29 is 23.8 Å². The van der Waals surface area contributed by atoms with Crippen molar-refractivity contribution >= 4 is 11.9 Å². The standard InChI is InChI=1S/C14H24O5/c1-4-17-13(15)12(14(16)18-5-2)10(3)11-8-6-7-9-19-11/h10-12H,4-9H2,1-3H3/t10-,11+/m0/s1. The van der Waals surface area contributed by atoms with Gasteiger partial charge in [-0.25, -0.2) is 0 Å². The van der Waals surface area contributed by atoms with Gasteiger partial charge in [0, 0.05) is 12.5 Å². The molecule has 1 heterocycles. The molecular weight excluding hydrogens is 248 g/mol. The van der Waals surface area contributed by atoms with Gasteiger partial charge in [-0.15, -0.1) is 0 Å². The van der Waals surface area contributed by atoms with Gasteiger partial charge in [-0.05, 0) is 33.1 Å². The molecular formula is C14H24O5. The van der Waals surface area contributed by atoms with Crippen LogP contribution in [0, 0.1) is 11.8 Å². The summed E-state index contributed by atoms with van der Waals surface area (Å²) < 4.78 is 15.6. The Bertz CT molecular complexity index is 278. The predicted molar refractivity (Wildman–Crippen MR) is 69.5 cm³/mol. The second-order valence-corrected chi connectivity index (χ2v) is 4.75. The smallest absolute Gasteiger partial charge is 0.320 e. The quantitative estimate of drug-likeness (QED) is 0.546. The van der Waals surface area contributed by atoms with Crippen LogP contribution in [0.5, 0.6) is 0 Å². The summed E-state index contributed by atoms with van der Waals surface area (Å²) in [5.74, 6) is -2.13. The van der Waals surface area contributed by atoms with Crippen LogP contribution in [0.15, 0.2) is 0 Å². The van der Waals surface area contributed by atoms with Crippen molar-refractivity contribution in [1.29, 1.82) is 0 Å². The van der Waals surface area contributed by atoms with Crippen LogP contribution >= 0.6 is 0 Å². The normalized spacial score (nSPS) is 20.9. The fourth-order valence-electron chi connectivity index (χ4n) is 2.38. The van der Waals surface area contributed by atoms with Crippen LogP contribution in [0.1, 0.15) is 40.0 Å². The van der Waals surface area contributed by atoms with Crippen molar-refractivity contribution in [3.8, 4) is 0 Å². The van der Waals surface area contributed by atoms with E-state index >= 15 is 0 Å². The Morgan fingerprint density at radius 3 is 2.16 bits per heavy atom. The van der Waals surface area contributed by atoms with Gasteiger partial charge >= 0.3 is 11.9 Å². The van der Waals surface area contributed by atoms with Gasteiger partial charge in [-0.2, -0.15) is 0 Å². The molecule has 5 nitrogen and oxygen atoms in total. The molecule has 1 saturated heterocycles. The van der Waals surface area contributed by atoms with Crippen LogP contribution in [0.2, 0.25) is 0 Å². The molecule has 1 rings (SSSR count). The molecule has 0 unspecified atom stereocenters. The molecule has 0 N–H and O–H groups in total. The maximum absolute atomic E-state index is 12.0. The molecule has 0 bridgehead atoms. The number of carbonyl (C=O) groups is 2. The van der Waals surface area contributed by atoms with Crippen molar-refractivity contribution in [2.45, 2.75) is 46.1 Å².